The van der Waals surface area contributed by atoms with E-state index in [0.29, 0.717) is 40.8 Å². The van der Waals surface area contributed by atoms with Gasteiger partial charge in [0.2, 0.25) is 0 Å². The highest BCUT2D eigenvalue weighted by atomic mass is 32.1. The minimum Gasteiger partial charge on any atom is -0.365 e. The van der Waals surface area contributed by atoms with Crippen LogP contribution in [-0.4, -0.2) is 54.1 Å². The lowest BCUT2D eigenvalue weighted by Crippen LogP contribution is -2.29. The maximum Gasteiger partial charge on any atom is 0.271 e. The average Bonchev–Trinajstić information content (AvgIpc) is 3.66. The van der Waals surface area contributed by atoms with Crippen molar-refractivity contribution in [3.05, 3.63) is 70.2 Å². The van der Waals surface area contributed by atoms with E-state index in [9.17, 15) is 13.6 Å². The molecular formula is C28H30F3N5O2SSi. The zero-order chi connectivity index (χ0) is 28.2. The zero-order valence-corrected chi connectivity index (χ0v) is 24.3. The van der Waals surface area contributed by atoms with Gasteiger partial charge in [-0.3, -0.25) is 9.69 Å². The van der Waals surface area contributed by atoms with Crippen LogP contribution in [0, 0.1) is 5.82 Å². The number of alkyl halides is 2. The second-order valence-corrected chi connectivity index (χ2v) is 18.1. The van der Waals surface area contributed by atoms with Gasteiger partial charge in [0.25, 0.3) is 11.8 Å². The maximum absolute atomic E-state index is 15.6. The van der Waals surface area contributed by atoms with Crippen LogP contribution >= 0.6 is 11.3 Å². The number of carbonyl (C=O) groups excluding carboxylic acids is 1. The van der Waals surface area contributed by atoms with Gasteiger partial charge < -0.3 is 14.2 Å². The molecule has 12 heteroatoms. The molecule has 0 aliphatic carbocycles. The fraction of sp³-hybridized carbons (Fsp3) is 0.393. The van der Waals surface area contributed by atoms with E-state index < -0.39 is 32.4 Å². The molecule has 210 valence electrons. The van der Waals surface area contributed by atoms with E-state index in [2.05, 4.69) is 29.6 Å². The van der Waals surface area contributed by atoms with E-state index in [1.807, 2.05) is 22.8 Å². The van der Waals surface area contributed by atoms with E-state index >= 15 is 4.39 Å². The van der Waals surface area contributed by atoms with E-state index in [0.717, 1.165) is 11.6 Å². The van der Waals surface area contributed by atoms with Crippen LogP contribution in [0.3, 0.4) is 0 Å². The molecule has 1 unspecified atom stereocenters. The molecule has 2 aromatic carbocycles. The van der Waals surface area contributed by atoms with Crippen molar-refractivity contribution in [1.82, 2.24) is 14.5 Å². The van der Waals surface area contributed by atoms with Crippen molar-refractivity contribution in [1.29, 1.82) is 0 Å². The number of imidazole rings is 1. The summed E-state index contributed by atoms with van der Waals surface area (Å²) < 4.78 is 50.9. The molecule has 0 radical (unpaired) electrons. The van der Waals surface area contributed by atoms with Gasteiger partial charge >= 0.3 is 0 Å². The molecule has 0 spiro atoms. The number of nitrogens with zero attached hydrogens (tertiary/aromatic N) is 5. The summed E-state index contributed by atoms with van der Waals surface area (Å²) in [5.41, 5.74) is 4.84. The average molecular weight is 586 g/mol. The van der Waals surface area contributed by atoms with Crippen LogP contribution in [0.1, 0.15) is 33.4 Å². The second kappa shape index (κ2) is 10.0. The minimum absolute atomic E-state index is 0.159. The third-order valence-corrected chi connectivity index (χ3v) is 9.98. The Morgan fingerprint density at radius 2 is 1.93 bits per heavy atom. The molecule has 1 saturated heterocycles. The van der Waals surface area contributed by atoms with Crippen molar-refractivity contribution in [2.24, 2.45) is 0 Å². The molecule has 0 bridgehead atoms. The Labute approximate surface area is 235 Å². The topological polar surface area (TPSA) is 63.5 Å². The first kappa shape index (κ1) is 27.0. The molecule has 0 N–H and O–H groups in total. The van der Waals surface area contributed by atoms with Crippen LogP contribution in [0.2, 0.25) is 25.7 Å². The molecule has 1 fully saturated rings. The summed E-state index contributed by atoms with van der Waals surface area (Å²) in [5, 5.41) is 0. The normalized spacial score (nSPS) is 18.8. The number of ether oxygens (including phenoxy) is 1. The Hall–Kier alpha value is -3.22. The monoisotopic (exact) mass is 585 g/mol. The first-order valence-electron chi connectivity index (χ1n) is 13.2. The lowest BCUT2D eigenvalue weighted by molar-refractivity contribution is 0.0257. The van der Waals surface area contributed by atoms with Gasteiger partial charge in [0, 0.05) is 44.6 Å². The highest BCUT2D eigenvalue weighted by Gasteiger charge is 2.43. The van der Waals surface area contributed by atoms with E-state index in [4.69, 9.17) is 4.74 Å². The number of aromatic nitrogens is 3. The Balaban J connectivity index is 1.29. The lowest BCUT2D eigenvalue weighted by Gasteiger charge is -2.26. The SMILES string of the molecule is C[Si](C)(C)CCOCn1cnc2cc(N3C(=O)c4scnc4C3c3ccc(N4CCC(F)(F)C4)cc3F)ccc21. The number of hydrogen-bond donors (Lipinski definition) is 0. The molecule has 0 saturated carbocycles. The van der Waals surface area contributed by atoms with Gasteiger partial charge in [0.05, 0.1) is 35.1 Å². The smallest absolute Gasteiger partial charge is 0.271 e. The Morgan fingerprint density at radius 1 is 1.12 bits per heavy atom. The molecule has 4 aromatic rings. The standard InChI is InChI=1S/C28H30F3N5O2SSi/c1-40(2,3)11-10-38-17-35-15-32-22-13-19(5-7-23(22)35)36-25(24-26(27(36)37)39-16-33-24)20-6-4-18(12-21(20)29)34-9-8-28(30,31)14-34/h4-7,12-13,15-16,25H,8-11,14,17H2,1-3H3. The number of rotatable bonds is 8. The first-order valence-corrected chi connectivity index (χ1v) is 17.8. The quantitative estimate of drug-likeness (QED) is 0.174. The van der Waals surface area contributed by atoms with Gasteiger partial charge in [0.15, 0.2) is 0 Å². The molecule has 6 rings (SSSR count). The summed E-state index contributed by atoms with van der Waals surface area (Å²) in [6.07, 6.45) is 1.46. The van der Waals surface area contributed by atoms with Crippen molar-refractivity contribution in [2.75, 3.05) is 29.5 Å². The van der Waals surface area contributed by atoms with Gasteiger partial charge in [-0.05, 0) is 36.4 Å². The first-order chi connectivity index (χ1) is 19.0. The third-order valence-electron chi connectivity index (χ3n) is 7.45. The number of hydrogen-bond acceptors (Lipinski definition) is 6. The molecule has 7 nitrogen and oxygen atoms in total. The third kappa shape index (κ3) is 5.03. The Kier molecular flexibility index (Phi) is 6.74. The highest BCUT2D eigenvalue weighted by molar-refractivity contribution is 7.12. The largest absolute Gasteiger partial charge is 0.365 e. The number of amides is 1. The van der Waals surface area contributed by atoms with Crippen molar-refractivity contribution in [2.45, 2.75) is 50.8 Å². The van der Waals surface area contributed by atoms with E-state index in [1.54, 1.807) is 28.9 Å². The van der Waals surface area contributed by atoms with Crippen LogP contribution in [0.15, 0.2) is 48.2 Å². The summed E-state index contributed by atoms with van der Waals surface area (Å²) >= 11 is 1.22. The molecule has 1 amide bonds. The summed E-state index contributed by atoms with van der Waals surface area (Å²) in [5.74, 6) is -3.62. The molecule has 2 aromatic heterocycles. The lowest BCUT2D eigenvalue weighted by atomic mass is 10.0. The maximum atomic E-state index is 15.6. The predicted molar refractivity (Wildman–Crippen MR) is 153 cm³/mol. The number of halogens is 3. The fourth-order valence-corrected chi connectivity index (χ4v) is 6.76. The van der Waals surface area contributed by atoms with Crippen molar-refractivity contribution >= 4 is 47.7 Å². The van der Waals surface area contributed by atoms with Crippen LogP contribution in [0.25, 0.3) is 11.0 Å². The van der Waals surface area contributed by atoms with E-state index in [1.165, 1.54) is 22.3 Å². The van der Waals surface area contributed by atoms with Crippen LogP contribution in [0.4, 0.5) is 24.5 Å². The van der Waals surface area contributed by atoms with Crippen molar-refractivity contribution < 1.29 is 22.7 Å². The van der Waals surface area contributed by atoms with Gasteiger partial charge in [-0.2, -0.15) is 0 Å². The van der Waals surface area contributed by atoms with Crippen LogP contribution in [0.5, 0.6) is 0 Å². The number of anilines is 2. The Bertz CT molecular complexity index is 1580. The van der Waals surface area contributed by atoms with Crippen LogP contribution in [-0.2, 0) is 11.5 Å². The van der Waals surface area contributed by atoms with Crippen molar-refractivity contribution in [3.8, 4) is 0 Å². The number of benzene rings is 2. The van der Waals surface area contributed by atoms with Crippen LogP contribution < -0.4 is 9.80 Å². The Morgan fingerprint density at radius 3 is 2.65 bits per heavy atom. The summed E-state index contributed by atoms with van der Waals surface area (Å²) in [7, 11) is -1.19. The summed E-state index contributed by atoms with van der Waals surface area (Å²) in [6.45, 7) is 7.71. The predicted octanol–water partition coefficient (Wildman–Crippen LogP) is 6.54. The number of carbonyl (C=O) groups is 1. The number of thiazole rings is 1. The molecule has 2 aliphatic heterocycles. The number of fused-ring (bicyclic) bond motifs is 2. The van der Waals surface area contributed by atoms with Gasteiger partial charge in [0.1, 0.15) is 23.5 Å². The van der Waals surface area contributed by atoms with Gasteiger partial charge in [-0.25, -0.2) is 23.1 Å². The minimum atomic E-state index is -2.79. The van der Waals surface area contributed by atoms with E-state index in [-0.39, 0.29) is 24.4 Å². The van der Waals surface area contributed by atoms with Crippen molar-refractivity contribution in [3.63, 3.8) is 0 Å². The molecular weight excluding hydrogens is 555 g/mol. The molecule has 1 atom stereocenters. The molecule has 40 heavy (non-hydrogen) atoms. The fourth-order valence-electron chi connectivity index (χ4n) is 5.25. The summed E-state index contributed by atoms with van der Waals surface area (Å²) in [6, 6.07) is 10.3. The van der Waals surface area contributed by atoms with Gasteiger partial charge in [-0.15, -0.1) is 11.3 Å². The molecule has 4 heterocycles. The highest BCUT2D eigenvalue weighted by Crippen LogP contribution is 2.44. The molecule has 2 aliphatic rings. The second-order valence-electron chi connectivity index (χ2n) is 11.6. The van der Waals surface area contributed by atoms with Gasteiger partial charge in [-0.1, -0.05) is 25.7 Å². The summed E-state index contributed by atoms with van der Waals surface area (Å²) in [4.78, 5) is 26.0. The zero-order valence-electron chi connectivity index (χ0n) is 22.5.